The van der Waals surface area contributed by atoms with Crippen LogP contribution in [0, 0.1) is 5.82 Å². The van der Waals surface area contributed by atoms with E-state index in [0.717, 1.165) is 4.47 Å². The number of anilines is 2. The molecule has 0 fully saturated rings. The molecule has 0 saturated heterocycles. The molecule has 2 rings (SSSR count). The van der Waals surface area contributed by atoms with Crippen molar-refractivity contribution in [3.63, 3.8) is 0 Å². The van der Waals surface area contributed by atoms with Crippen molar-refractivity contribution in [2.75, 3.05) is 16.8 Å². The maximum atomic E-state index is 13.3. The van der Waals surface area contributed by atoms with E-state index in [0.29, 0.717) is 11.4 Å². The summed E-state index contributed by atoms with van der Waals surface area (Å²) in [6, 6.07) is 12.9. The molecule has 0 aromatic heterocycles. The molecule has 0 radical (unpaired) electrons. The topological polar surface area (TPSA) is 49.4 Å². The quantitative estimate of drug-likeness (QED) is 0.855. The number of nitrogens with zero attached hydrogens (tertiary/aromatic N) is 1. The second-order valence-corrected chi connectivity index (χ2v) is 5.87. The Morgan fingerprint density at radius 2 is 1.87 bits per heavy atom. The van der Waals surface area contributed by atoms with E-state index in [-0.39, 0.29) is 24.8 Å². The van der Waals surface area contributed by atoms with Gasteiger partial charge in [0.25, 0.3) is 0 Å². The first-order chi connectivity index (χ1) is 11.0. The number of carbonyl (C=O) groups is 2. The molecule has 4 nitrogen and oxygen atoms in total. The first kappa shape index (κ1) is 17.1. The largest absolute Gasteiger partial charge is 0.326 e. The Hall–Kier alpha value is -2.21. The smallest absolute Gasteiger partial charge is 0.226 e. The molecule has 0 atom stereocenters. The first-order valence-corrected chi connectivity index (χ1v) is 7.84. The van der Waals surface area contributed by atoms with Gasteiger partial charge < -0.3 is 10.2 Å². The molecule has 0 bridgehead atoms. The van der Waals surface area contributed by atoms with Gasteiger partial charge in [0.2, 0.25) is 11.8 Å². The SMILES string of the molecule is CC(=O)N(CCC(=O)Nc1ccc(Br)cc1)c1cccc(F)c1. The van der Waals surface area contributed by atoms with Gasteiger partial charge in [-0.2, -0.15) is 0 Å². The van der Waals surface area contributed by atoms with E-state index in [1.165, 1.54) is 30.0 Å². The molecule has 1 N–H and O–H groups in total. The summed E-state index contributed by atoms with van der Waals surface area (Å²) < 4.78 is 14.2. The van der Waals surface area contributed by atoms with E-state index < -0.39 is 5.82 Å². The van der Waals surface area contributed by atoms with Crippen molar-refractivity contribution in [2.45, 2.75) is 13.3 Å². The predicted octanol–water partition coefficient (Wildman–Crippen LogP) is 3.97. The van der Waals surface area contributed by atoms with Gasteiger partial charge >= 0.3 is 0 Å². The zero-order valence-electron chi connectivity index (χ0n) is 12.6. The summed E-state index contributed by atoms with van der Waals surface area (Å²) >= 11 is 3.32. The van der Waals surface area contributed by atoms with Gasteiger partial charge in [-0.1, -0.05) is 22.0 Å². The van der Waals surface area contributed by atoms with Crippen LogP contribution in [-0.4, -0.2) is 18.4 Å². The van der Waals surface area contributed by atoms with Crippen molar-refractivity contribution in [3.05, 3.63) is 58.8 Å². The minimum Gasteiger partial charge on any atom is -0.326 e. The van der Waals surface area contributed by atoms with Crippen LogP contribution in [0.2, 0.25) is 0 Å². The molecule has 2 aromatic rings. The summed E-state index contributed by atoms with van der Waals surface area (Å²) in [6.45, 7) is 1.57. The Bertz CT molecular complexity index is 704. The number of hydrogen-bond donors (Lipinski definition) is 1. The fourth-order valence-corrected chi connectivity index (χ4v) is 2.35. The molecule has 0 aliphatic rings. The number of halogens is 2. The second-order valence-electron chi connectivity index (χ2n) is 4.96. The van der Waals surface area contributed by atoms with E-state index in [1.54, 1.807) is 18.2 Å². The number of amides is 2. The van der Waals surface area contributed by atoms with E-state index in [9.17, 15) is 14.0 Å². The third-order valence-electron chi connectivity index (χ3n) is 3.19. The minimum absolute atomic E-state index is 0.117. The van der Waals surface area contributed by atoms with Crippen LogP contribution in [0.3, 0.4) is 0 Å². The van der Waals surface area contributed by atoms with Crippen molar-refractivity contribution in [2.24, 2.45) is 0 Å². The van der Waals surface area contributed by atoms with E-state index in [4.69, 9.17) is 0 Å². The molecule has 0 spiro atoms. The van der Waals surface area contributed by atoms with Gasteiger partial charge in [-0.25, -0.2) is 4.39 Å². The number of nitrogens with one attached hydrogen (secondary N) is 1. The number of rotatable bonds is 5. The standard InChI is InChI=1S/C17H16BrFN2O2/c1-12(22)21(16-4-2-3-14(19)11-16)10-9-17(23)20-15-7-5-13(18)6-8-15/h2-8,11H,9-10H2,1H3,(H,20,23). The molecule has 23 heavy (non-hydrogen) atoms. The Labute approximate surface area is 142 Å². The summed E-state index contributed by atoms with van der Waals surface area (Å²) in [5, 5.41) is 2.75. The van der Waals surface area contributed by atoms with Crippen LogP contribution in [-0.2, 0) is 9.59 Å². The lowest BCUT2D eigenvalue weighted by Gasteiger charge is -2.21. The van der Waals surface area contributed by atoms with Gasteiger partial charge in [0.1, 0.15) is 5.82 Å². The lowest BCUT2D eigenvalue weighted by molar-refractivity contribution is -0.117. The molecule has 2 aromatic carbocycles. The summed E-state index contributed by atoms with van der Waals surface area (Å²) in [5.74, 6) is -0.880. The van der Waals surface area contributed by atoms with E-state index in [1.807, 2.05) is 12.1 Å². The van der Waals surface area contributed by atoms with Gasteiger partial charge in [-0.3, -0.25) is 9.59 Å². The molecule has 0 heterocycles. The number of hydrogen-bond acceptors (Lipinski definition) is 2. The molecule has 0 saturated carbocycles. The normalized spacial score (nSPS) is 10.2. The third kappa shape index (κ3) is 5.17. The molecular formula is C17H16BrFN2O2. The summed E-state index contributed by atoms with van der Waals surface area (Å²) in [7, 11) is 0. The highest BCUT2D eigenvalue weighted by Gasteiger charge is 2.14. The van der Waals surface area contributed by atoms with Crippen molar-refractivity contribution in [3.8, 4) is 0 Å². The highest BCUT2D eigenvalue weighted by molar-refractivity contribution is 9.10. The molecule has 0 unspecified atom stereocenters. The van der Waals surface area contributed by atoms with Gasteiger partial charge in [0, 0.05) is 35.7 Å². The monoisotopic (exact) mass is 378 g/mol. The van der Waals surface area contributed by atoms with Crippen LogP contribution < -0.4 is 10.2 Å². The second kappa shape index (κ2) is 7.87. The lowest BCUT2D eigenvalue weighted by atomic mass is 10.2. The molecular weight excluding hydrogens is 363 g/mol. The van der Waals surface area contributed by atoms with Gasteiger partial charge in [0.05, 0.1) is 0 Å². The third-order valence-corrected chi connectivity index (χ3v) is 3.72. The van der Waals surface area contributed by atoms with Gasteiger partial charge in [0.15, 0.2) is 0 Å². The molecule has 2 amide bonds. The summed E-state index contributed by atoms with van der Waals surface area (Å²) in [4.78, 5) is 25.1. The molecule has 120 valence electrons. The Morgan fingerprint density at radius 3 is 2.48 bits per heavy atom. The zero-order valence-corrected chi connectivity index (χ0v) is 14.1. The highest BCUT2D eigenvalue weighted by atomic mass is 79.9. The maximum absolute atomic E-state index is 13.3. The minimum atomic E-state index is -0.423. The number of benzene rings is 2. The zero-order chi connectivity index (χ0) is 16.8. The molecule has 0 aliphatic heterocycles. The average Bonchev–Trinajstić information content (AvgIpc) is 2.49. The van der Waals surface area contributed by atoms with Crippen LogP contribution in [0.5, 0.6) is 0 Å². The van der Waals surface area contributed by atoms with Crippen LogP contribution in [0.4, 0.5) is 15.8 Å². The van der Waals surface area contributed by atoms with Crippen molar-refractivity contribution in [1.29, 1.82) is 0 Å². The number of carbonyl (C=O) groups excluding carboxylic acids is 2. The average molecular weight is 379 g/mol. The van der Waals surface area contributed by atoms with Gasteiger partial charge in [-0.05, 0) is 42.5 Å². The Balaban J connectivity index is 1.97. The first-order valence-electron chi connectivity index (χ1n) is 7.05. The highest BCUT2D eigenvalue weighted by Crippen LogP contribution is 2.17. The lowest BCUT2D eigenvalue weighted by Crippen LogP contribution is -2.32. The van der Waals surface area contributed by atoms with Crippen molar-refractivity contribution < 1.29 is 14.0 Å². The predicted molar refractivity (Wildman–Crippen MR) is 91.8 cm³/mol. The summed E-state index contributed by atoms with van der Waals surface area (Å²) in [6.07, 6.45) is 0.117. The van der Waals surface area contributed by atoms with Crippen molar-refractivity contribution >= 4 is 39.1 Å². The fraction of sp³-hybridized carbons (Fsp3) is 0.176. The van der Waals surface area contributed by atoms with Crippen LogP contribution in [0.15, 0.2) is 53.0 Å². The Kier molecular flexibility index (Phi) is 5.87. The van der Waals surface area contributed by atoms with Crippen LogP contribution in [0.25, 0.3) is 0 Å². The molecule has 6 heteroatoms. The van der Waals surface area contributed by atoms with Gasteiger partial charge in [-0.15, -0.1) is 0 Å². The van der Waals surface area contributed by atoms with Crippen LogP contribution in [0.1, 0.15) is 13.3 Å². The molecule has 0 aliphatic carbocycles. The van der Waals surface area contributed by atoms with E-state index >= 15 is 0 Å². The van der Waals surface area contributed by atoms with Crippen molar-refractivity contribution in [1.82, 2.24) is 0 Å². The summed E-state index contributed by atoms with van der Waals surface area (Å²) in [5.41, 5.74) is 1.12. The van der Waals surface area contributed by atoms with Crippen LogP contribution >= 0.6 is 15.9 Å². The maximum Gasteiger partial charge on any atom is 0.226 e. The van der Waals surface area contributed by atoms with E-state index in [2.05, 4.69) is 21.2 Å². The Morgan fingerprint density at radius 1 is 1.17 bits per heavy atom. The fourth-order valence-electron chi connectivity index (χ4n) is 2.08.